The summed E-state index contributed by atoms with van der Waals surface area (Å²) in [6.07, 6.45) is 3.79. The monoisotopic (exact) mass is 278 g/mol. The van der Waals surface area contributed by atoms with Crippen molar-refractivity contribution >= 4 is 39.5 Å². The van der Waals surface area contributed by atoms with E-state index in [1.807, 2.05) is 30.1 Å². The second kappa shape index (κ2) is 4.59. The van der Waals surface area contributed by atoms with Crippen molar-refractivity contribution in [2.45, 2.75) is 6.54 Å². The molecule has 0 aliphatic rings. The minimum absolute atomic E-state index is 0.572. The van der Waals surface area contributed by atoms with E-state index in [2.05, 4.69) is 21.5 Å². The SMILES string of the molecule is Cn1cc2cccc(NCc3cnc(Cl)s3)c2n1. The van der Waals surface area contributed by atoms with Crippen molar-refractivity contribution in [2.75, 3.05) is 5.32 Å². The minimum Gasteiger partial charge on any atom is -0.378 e. The zero-order valence-electron chi connectivity index (χ0n) is 9.72. The van der Waals surface area contributed by atoms with Gasteiger partial charge in [0.1, 0.15) is 5.52 Å². The van der Waals surface area contributed by atoms with Gasteiger partial charge in [0.05, 0.1) is 12.2 Å². The van der Waals surface area contributed by atoms with E-state index >= 15 is 0 Å². The van der Waals surface area contributed by atoms with Crippen LogP contribution in [0.15, 0.2) is 30.6 Å². The fourth-order valence-corrected chi connectivity index (χ4v) is 2.77. The zero-order valence-corrected chi connectivity index (χ0v) is 11.3. The molecule has 0 aliphatic carbocycles. The Balaban J connectivity index is 1.86. The number of rotatable bonds is 3. The zero-order chi connectivity index (χ0) is 12.5. The number of hydrogen-bond acceptors (Lipinski definition) is 4. The molecule has 0 fully saturated rings. The van der Waals surface area contributed by atoms with Crippen LogP contribution in [0, 0.1) is 0 Å². The first-order chi connectivity index (χ1) is 8.72. The van der Waals surface area contributed by atoms with E-state index in [0.717, 1.165) is 21.5 Å². The number of nitrogens with one attached hydrogen (secondary N) is 1. The summed E-state index contributed by atoms with van der Waals surface area (Å²) in [6.45, 7) is 0.708. The average Bonchev–Trinajstić information content (AvgIpc) is 2.91. The lowest BCUT2D eigenvalue weighted by molar-refractivity contribution is 0.780. The fraction of sp³-hybridized carbons (Fsp3) is 0.167. The van der Waals surface area contributed by atoms with Crippen molar-refractivity contribution in [1.82, 2.24) is 14.8 Å². The highest BCUT2D eigenvalue weighted by molar-refractivity contribution is 7.15. The van der Waals surface area contributed by atoms with Crippen molar-refractivity contribution in [1.29, 1.82) is 0 Å². The number of halogens is 1. The van der Waals surface area contributed by atoms with Crippen molar-refractivity contribution in [3.8, 4) is 0 Å². The standard InChI is InChI=1S/C12H11ClN4S/c1-17-7-8-3-2-4-10(11(8)16-17)14-5-9-6-15-12(13)18-9/h2-4,6-7,14H,5H2,1H3. The number of anilines is 1. The third-order valence-corrected chi connectivity index (χ3v) is 3.74. The van der Waals surface area contributed by atoms with Crippen LogP contribution in [0.1, 0.15) is 4.88 Å². The molecular formula is C12H11ClN4S. The lowest BCUT2D eigenvalue weighted by atomic mass is 10.2. The molecule has 92 valence electrons. The molecule has 3 rings (SSSR count). The lowest BCUT2D eigenvalue weighted by Gasteiger charge is -2.04. The average molecular weight is 279 g/mol. The molecule has 0 atom stereocenters. The number of thiazole rings is 1. The predicted molar refractivity (Wildman–Crippen MR) is 75.2 cm³/mol. The fourth-order valence-electron chi connectivity index (χ4n) is 1.86. The van der Waals surface area contributed by atoms with Crippen LogP contribution in [0.25, 0.3) is 10.9 Å². The van der Waals surface area contributed by atoms with Gasteiger partial charge in [0, 0.05) is 29.7 Å². The first-order valence-electron chi connectivity index (χ1n) is 5.49. The summed E-state index contributed by atoms with van der Waals surface area (Å²) in [5.74, 6) is 0. The first-order valence-corrected chi connectivity index (χ1v) is 6.68. The largest absolute Gasteiger partial charge is 0.378 e. The quantitative estimate of drug-likeness (QED) is 0.799. The number of benzene rings is 1. The Morgan fingerprint density at radius 1 is 1.44 bits per heavy atom. The normalized spacial score (nSPS) is 11.0. The van der Waals surface area contributed by atoms with Crippen LogP contribution in [-0.4, -0.2) is 14.8 Å². The highest BCUT2D eigenvalue weighted by atomic mass is 35.5. The van der Waals surface area contributed by atoms with Crippen LogP contribution in [0.4, 0.5) is 5.69 Å². The van der Waals surface area contributed by atoms with Crippen molar-refractivity contribution in [3.05, 3.63) is 39.9 Å². The maximum absolute atomic E-state index is 5.80. The summed E-state index contributed by atoms with van der Waals surface area (Å²) in [7, 11) is 1.92. The Bertz CT molecular complexity index is 688. The van der Waals surface area contributed by atoms with E-state index in [0.29, 0.717) is 11.0 Å². The lowest BCUT2D eigenvalue weighted by Crippen LogP contribution is -1.98. The van der Waals surface area contributed by atoms with Gasteiger partial charge in [-0.15, -0.1) is 11.3 Å². The van der Waals surface area contributed by atoms with Crippen LogP contribution in [-0.2, 0) is 13.6 Å². The molecule has 0 unspecified atom stereocenters. The van der Waals surface area contributed by atoms with E-state index in [-0.39, 0.29) is 0 Å². The molecule has 0 bridgehead atoms. The Hall–Kier alpha value is -1.59. The molecule has 0 amide bonds. The molecule has 0 radical (unpaired) electrons. The Kier molecular flexibility index (Phi) is 2.93. The summed E-state index contributed by atoms with van der Waals surface area (Å²) in [5.41, 5.74) is 2.01. The first kappa shape index (κ1) is 11.5. The number of nitrogens with zero attached hydrogens (tertiary/aromatic N) is 3. The number of aromatic nitrogens is 3. The molecule has 2 heterocycles. The van der Waals surface area contributed by atoms with Crippen LogP contribution in [0.2, 0.25) is 4.47 Å². The summed E-state index contributed by atoms with van der Waals surface area (Å²) in [6, 6.07) is 6.10. The van der Waals surface area contributed by atoms with Gasteiger partial charge in [-0.1, -0.05) is 23.7 Å². The van der Waals surface area contributed by atoms with Crippen LogP contribution < -0.4 is 5.32 Å². The second-order valence-corrected chi connectivity index (χ2v) is 5.68. The maximum atomic E-state index is 5.80. The van der Waals surface area contributed by atoms with Gasteiger partial charge in [0.25, 0.3) is 0 Å². The van der Waals surface area contributed by atoms with Crippen LogP contribution in [0.3, 0.4) is 0 Å². The molecule has 0 saturated carbocycles. The Labute approximate surface area is 113 Å². The van der Waals surface area contributed by atoms with Crippen molar-refractivity contribution in [2.24, 2.45) is 7.05 Å². The van der Waals surface area contributed by atoms with E-state index in [1.54, 1.807) is 6.20 Å². The highest BCUT2D eigenvalue weighted by Crippen LogP contribution is 2.23. The molecule has 2 aromatic heterocycles. The summed E-state index contributed by atoms with van der Waals surface area (Å²) >= 11 is 7.29. The summed E-state index contributed by atoms with van der Waals surface area (Å²) in [5, 5.41) is 8.94. The molecule has 1 aromatic carbocycles. The van der Waals surface area contributed by atoms with Gasteiger partial charge < -0.3 is 5.32 Å². The molecule has 6 heteroatoms. The number of aryl methyl sites for hydroxylation is 1. The van der Waals surface area contributed by atoms with Crippen molar-refractivity contribution < 1.29 is 0 Å². The van der Waals surface area contributed by atoms with Gasteiger partial charge in [0.15, 0.2) is 4.47 Å². The van der Waals surface area contributed by atoms with E-state index in [1.165, 1.54) is 11.3 Å². The smallest absolute Gasteiger partial charge is 0.183 e. The van der Waals surface area contributed by atoms with Gasteiger partial charge in [0.2, 0.25) is 0 Å². The van der Waals surface area contributed by atoms with E-state index in [4.69, 9.17) is 11.6 Å². The van der Waals surface area contributed by atoms with Crippen molar-refractivity contribution in [3.63, 3.8) is 0 Å². The van der Waals surface area contributed by atoms with E-state index < -0.39 is 0 Å². The van der Waals surface area contributed by atoms with Crippen LogP contribution >= 0.6 is 22.9 Å². The maximum Gasteiger partial charge on any atom is 0.183 e. The molecular weight excluding hydrogens is 268 g/mol. The highest BCUT2D eigenvalue weighted by Gasteiger charge is 2.05. The minimum atomic E-state index is 0.572. The van der Waals surface area contributed by atoms with Gasteiger partial charge in [-0.3, -0.25) is 4.68 Å². The molecule has 1 N–H and O–H groups in total. The Morgan fingerprint density at radius 3 is 3.11 bits per heavy atom. The van der Waals surface area contributed by atoms with E-state index in [9.17, 15) is 0 Å². The predicted octanol–water partition coefficient (Wildman–Crippen LogP) is 3.30. The molecule has 0 aliphatic heterocycles. The Morgan fingerprint density at radius 2 is 2.33 bits per heavy atom. The topological polar surface area (TPSA) is 42.7 Å². The molecule has 0 saturated heterocycles. The number of fused-ring (bicyclic) bond motifs is 1. The molecule has 4 nitrogen and oxygen atoms in total. The second-order valence-electron chi connectivity index (χ2n) is 3.98. The third-order valence-electron chi connectivity index (χ3n) is 2.63. The number of hydrogen-bond donors (Lipinski definition) is 1. The summed E-state index contributed by atoms with van der Waals surface area (Å²) in [4.78, 5) is 5.12. The van der Waals surface area contributed by atoms with Gasteiger partial charge in [-0.25, -0.2) is 4.98 Å². The van der Waals surface area contributed by atoms with Gasteiger partial charge in [-0.05, 0) is 6.07 Å². The molecule has 18 heavy (non-hydrogen) atoms. The third kappa shape index (κ3) is 2.19. The van der Waals surface area contributed by atoms with Gasteiger partial charge in [-0.2, -0.15) is 5.10 Å². The van der Waals surface area contributed by atoms with Crippen LogP contribution in [0.5, 0.6) is 0 Å². The molecule has 3 aromatic rings. The summed E-state index contributed by atoms with van der Waals surface area (Å²) < 4.78 is 2.39. The molecule has 0 spiro atoms. The van der Waals surface area contributed by atoms with Gasteiger partial charge >= 0.3 is 0 Å².